The molecule has 2 atom stereocenters. The van der Waals surface area contributed by atoms with Gasteiger partial charge in [0.2, 0.25) is 0 Å². The van der Waals surface area contributed by atoms with Gasteiger partial charge < -0.3 is 4.74 Å². The molecular formula is C18H17NO4. The Kier molecular flexibility index (Phi) is 3.86. The van der Waals surface area contributed by atoms with E-state index in [0.717, 1.165) is 5.56 Å². The van der Waals surface area contributed by atoms with Crippen molar-refractivity contribution in [1.82, 2.24) is 0 Å². The predicted molar refractivity (Wildman–Crippen MR) is 85.2 cm³/mol. The highest BCUT2D eigenvalue weighted by molar-refractivity contribution is 5.87. The van der Waals surface area contributed by atoms with Gasteiger partial charge in [-0.05, 0) is 12.0 Å². The average Bonchev–Trinajstić information content (AvgIpc) is 2.93. The molecule has 1 saturated heterocycles. The van der Waals surface area contributed by atoms with Crippen LogP contribution in [0, 0.1) is 10.1 Å². The zero-order chi connectivity index (χ0) is 16.4. The molecular weight excluding hydrogens is 294 g/mol. The van der Waals surface area contributed by atoms with Crippen LogP contribution in [-0.4, -0.2) is 17.5 Å². The maximum absolute atomic E-state index is 12.6. The molecule has 3 rings (SSSR count). The smallest absolute Gasteiger partial charge is 0.317 e. The zero-order valence-corrected chi connectivity index (χ0v) is 12.8. The van der Waals surface area contributed by atoms with Crippen molar-refractivity contribution in [3.63, 3.8) is 0 Å². The summed E-state index contributed by atoms with van der Waals surface area (Å²) in [6.45, 7) is 2.08. The molecule has 1 heterocycles. The summed E-state index contributed by atoms with van der Waals surface area (Å²) < 4.78 is 5.35. The molecule has 0 aliphatic carbocycles. The summed E-state index contributed by atoms with van der Waals surface area (Å²) in [6.07, 6.45) is 0.520. The Hall–Kier alpha value is -2.69. The third kappa shape index (κ3) is 2.29. The summed E-state index contributed by atoms with van der Waals surface area (Å²) in [6, 6.07) is 16.0. The number of carbonyl (C=O) groups is 1. The maximum atomic E-state index is 12.6. The molecule has 0 amide bonds. The summed E-state index contributed by atoms with van der Waals surface area (Å²) in [5.41, 5.74) is 0.541. The lowest BCUT2D eigenvalue weighted by Crippen LogP contribution is -2.36. The van der Waals surface area contributed by atoms with Gasteiger partial charge in [-0.2, -0.15) is 0 Å². The van der Waals surface area contributed by atoms with Crippen LogP contribution in [0.25, 0.3) is 0 Å². The SMILES string of the molecule is CC[C@@]1(c2ccccc2)C(=O)OC[C@H]1c1ccccc1[N+](=O)[O-]. The van der Waals surface area contributed by atoms with E-state index in [2.05, 4.69) is 0 Å². The van der Waals surface area contributed by atoms with Crippen LogP contribution in [0.15, 0.2) is 54.6 Å². The molecule has 0 radical (unpaired) electrons. The molecule has 1 aliphatic rings. The van der Waals surface area contributed by atoms with Gasteiger partial charge in [-0.15, -0.1) is 0 Å². The Morgan fingerprint density at radius 3 is 2.48 bits per heavy atom. The fraction of sp³-hybridized carbons (Fsp3) is 0.278. The quantitative estimate of drug-likeness (QED) is 0.491. The molecule has 5 nitrogen and oxygen atoms in total. The minimum absolute atomic E-state index is 0.0320. The number of cyclic esters (lactones) is 1. The third-order valence-electron chi connectivity index (χ3n) is 4.70. The van der Waals surface area contributed by atoms with Gasteiger partial charge in [0, 0.05) is 17.5 Å². The summed E-state index contributed by atoms with van der Waals surface area (Å²) in [5, 5.41) is 11.4. The maximum Gasteiger partial charge on any atom is 0.317 e. The monoisotopic (exact) mass is 311 g/mol. The van der Waals surface area contributed by atoms with Gasteiger partial charge in [0.25, 0.3) is 5.69 Å². The van der Waals surface area contributed by atoms with Gasteiger partial charge in [0.15, 0.2) is 0 Å². The number of para-hydroxylation sites is 1. The minimum atomic E-state index is -0.882. The van der Waals surface area contributed by atoms with Crippen LogP contribution in [0.4, 0.5) is 5.69 Å². The minimum Gasteiger partial charge on any atom is -0.464 e. The van der Waals surface area contributed by atoms with Crippen molar-refractivity contribution >= 4 is 11.7 Å². The predicted octanol–water partition coefficient (Wildman–Crippen LogP) is 3.58. The van der Waals surface area contributed by atoms with Crippen LogP contribution in [0.2, 0.25) is 0 Å². The molecule has 0 saturated carbocycles. The summed E-state index contributed by atoms with van der Waals surface area (Å²) >= 11 is 0. The van der Waals surface area contributed by atoms with Crippen LogP contribution in [0.5, 0.6) is 0 Å². The summed E-state index contributed by atoms with van der Waals surface area (Å²) in [4.78, 5) is 23.6. The van der Waals surface area contributed by atoms with Gasteiger partial charge in [-0.3, -0.25) is 14.9 Å². The van der Waals surface area contributed by atoms with Gasteiger partial charge in [-0.25, -0.2) is 0 Å². The number of benzene rings is 2. The molecule has 2 aromatic rings. The molecule has 118 valence electrons. The fourth-order valence-electron chi connectivity index (χ4n) is 3.53. The van der Waals surface area contributed by atoms with E-state index < -0.39 is 10.3 Å². The lowest BCUT2D eigenvalue weighted by atomic mass is 9.67. The second-order valence-corrected chi connectivity index (χ2v) is 5.66. The van der Waals surface area contributed by atoms with Crippen LogP contribution in [-0.2, 0) is 14.9 Å². The highest BCUT2D eigenvalue weighted by atomic mass is 16.6. The molecule has 1 fully saturated rings. The third-order valence-corrected chi connectivity index (χ3v) is 4.70. The van der Waals surface area contributed by atoms with E-state index in [0.29, 0.717) is 12.0 Å². The Morgan fingerprint density at radius 1 is 1.17 bits per heavy atom. The standard InChI is InChI=1S/C18H17NO4/c1-2-18(13-8-4-3-5-9-13)15(12-23-17(18)20)14-10-6-7-11-16(14)19(21)22/h3-11,15H,2,12H2,1H3/t15-,18-/m0/s1. The highest BCUT2D eigenvalue weighted by Crippen LogP contribution is 2.49. The van der Waals surface area contributed by atoms with E-state index in [1.54, 1.807) is 18.2 Å². The molecule has 1 aliphatic heterocycles. The van der Waals surface area contributed by atoms with Crippen molar-refractivity contribution < 1.29 is 14.5 Å². The van der Waals surface area contributed by atoms with Crippen molar-refractivity contribution in [3.05, 3.63) is 75.8 Å². The first-order valence-corrected chi connectivity index (χ1v) is 7.57. The van der Waals surface area contributed by atoms with Crippen molar-refractivity contribution in [1.29, 1.82) is 0 Å². The number of hydrogen-bond donors (Lipinski definition) is 0. The van der Waals surface area contributed by atoms with Crippen molar-refractivity contribution in [2.75, 3.05) is 6.61 Å². The van der Waals surface area contributed by atoms with E-state index in [9.17, 15) is 14.9 Å². The van der Waals surface area contributed by atoms with Crippen molar-refractivity contribution in [2.45, 2.75) is 24.7 Å². The summed E-state index contributed by atoms with van der Waals surface area (Å²) in [5.74, 6) is -0.682. The molecule has 0 N–H and O–H groups in total. The molecule has 5 heteroatoms. The number of nitrogens with zero attached hydrogens (tertiary/aromatic N) is 1. The molecule has 2 aromatic carbocycles. The van der Waals surface area contributed by atoms with E-state index in [1.165, 1.54) is 6.07 Å². The van der Waals surface area contributed by atoms with Crippen molar-refractivity contribution in [2.24, 2.45) is 0 Å². The lowest BCUT2D eigenvalue weighted by Gasteiger charge is -2.30. The molecule has 0 spiro atoms. The Labute approximate surface area is 134 Å². The van der Waals surface area contributed by atoms with Gasteiger partial charge in [0.05, 0.1) is 11.5 Å². The normalized spacial score (nSPS) is 23.5. The molecule has 0 aromatic heterocycles. The second-order valence-electron chi connectivity index (χ2n) is 5.66. The number of nitro benzene ring substituents is 1. The number of esters is 1. The average molecular weight is 311 g/mol. The van der Waals surface area contributed by atoms with E-state index >= 15 is 0 Å². The number of ether oxygens (including phenoxy) is 1. The van der Waals surface area contributed by atoms with Crippen LogP contribution < -0.4 is 0 Å². The lowest BCUT2D eigenvalue weighted by molar-refractivity contribution is -0.385. The number of carbonyl (C=O) groups excluding carboxylic acids is 1. The molecule has 23 heavy (non-hydrogen) atoms. The first kappa shape index (κ1) is 15.2. The van der Waals surface area contributed by atoms with Gasteiger partial charge in [0.1, 0.15) is 5.41 Å². The van der Waals surface area contributed by atoms with Crippen LogP contribution >= 0.6 is 0 Å². The number of nitro groups is 1. The molecule has 0 unspecified atom stereocenters. The Bertz CT molecular complexity index is 744. The first-order valence-electron chi connectivity index (χ1n) is 7.57. The topological polar surface area (TPSA) is 69.4 Å². The van der Waals surface area contributed by atoms with Crippen molar-refractivity contribution in [3.8, 4) is 0 Å². The highest BCUT2D eigenvalue weighted by Gasteiger charge is 2.54. The zero-order valence-electron chi connectivity index (χ0n) is 12.8. The Balaban J connectivity index is 2.19. The van der Waals surface area contributed by atoms with E-state index in [4.69, 9.17) is 4.74 Å². The summed E-state index contributed by atoms with van der Waals surface area (Å²) in [7, 11) is 0. The fourth-order valence-corrected chi connectivity index (χ4v) is 3.53. The number of rotatable bonds is 4. The first-order chi connectivity index (χ1) is 11.1. The largest absolute Gasteiger partial charge is 0.464 e. The number of hydrogen-bond acceptors (Lipinski definition) is 4. The van der Waals surface area contributed by atoms with Gasteiger partial charge >= 0.3 is 5.97 Å². The Morgan fingerprint density at radius 2 is 1.83 bits per heavy atom. The van der Waals surface area contributed by atoms with E-state index in [1.807, 2.05) is 37.3 Å². The van der Waals surface area contributed by atoms with Crippen LogP contribution in [0.3, 0.4) is 0 Å². The van der Waals surface area contributed by atoms with E-state index in [-0.39, 0.29) is 24.2 Å². The van der Waals surface area contributed by atoms with Gasteiger partial charge in [-0.1, -0.05) is 55.5 Å². The van der Waals surface area contributed by atoms with Crippen LogP contribution in [0.1, 0.15) is 30.4 Å². The second kappa shape index (κ2) is 5.83. The molecule has 0 bridgehead atoms.